The Morgan fingerprint density at radius 3 is 0.833 bits per heavy atom. The maximum Gasteiger partial charge on any atom is 0 e. The maximum atomic E-state index is 8.61. The Bertz CT molecular complexity index is 159. The van der Waals surface area contributed by atoms with Gasteiger partial charge in [0.25, 0.3) is 0 Å². The smallest absolute Gasteiger partial charge is 0 e. The number of hydrogen-bond acceptors (Lipinski definition) is 4. The Kier molecular flexibility index (Phi) is 4.94. The Balaban J connectivity index is 0. The molecule has 0 heterocycles. The molecule has 0 aliphatic carbocycles. The Morgan fingerprint density at radius 1 is 0.833 bits per heavy atom. The Labute approximate surface area is 60.7 Å². The second-order valence-electron chi connectivity index (χ2n) is 0.447. The first-order chi connectivity index (χ1) is 2.00. The van der Waals surface area contributed by atoms with Gasteiger partial charge in [0.05, 0.1) is 0 Å². The fourth-order valence-corrected chi connectivity index (χ4v) is 0. The fraction of sp³-hybridized carbons (Fsp3) is 0. The summed E-state index contributed by atoms with van der Waals surface area (Å²) in [4.78, 5) is 0. The van der Waals surface area contributed by atoms with Crippen LogP contribution in [0.15, 0.2) is 0 Å². The SMILES string of the molecule is [O]=[V](=[O])(=[O])=[O].[Y]. The molecule has 0 saturated heterocycles. The van der Waals surface area contributed by atoms with Crippen LogP contribution < -0.4 is 0 Å². The summed E-state index contributed by atoms with van der Waals surface area (Å²) < 4.78 is 34.4. The average molecular weight is 204 g/mol. The molecule has 0 aliphatic heterocycles. The summed E-state index contributed by atoms with van der Waals surface area (Å²) in [6.45, 7) is 0. The molecule has 32 valence electrons. The van der Waals surface area contributed by atoms with Crippen molar-refractivity contribution in [1.29, 1.82) is 0 Å². The van der Waals surface area contributed by atoms with Crippen LogP contribution in [-0.2, 0) is 61.2 Å². The van der Waals surface area contributed by atoms with Crippen LogP contribution in [0.4, 0.5) is 0 Å². The number of hydrogen-bond donors (Lipinski definition) is 0. The molecule has 1 radical (unpaired) electrons. The standard InChI is InChI=1S/4O.V.Y. The minimum absolute atomic E-state index is 0. The van der Waals surface area contributed by atoms with Gasteiger partial charge >= 0.3 is 28.5 Å². The first kappa shape index (κ1) is 9.99. The van der Waals surface area contributed by atoms with Crippen LogP contribution >= 0.6 is 0 Å². The van der Waals surface area contributed by atoms with Crippen LogP contribution in [0.1, 0.15) is 0 Å². The van der Waals surface area contributed by atoms with Gasteiger partial charge in [0.15, 0.2) is 0 Å². The summed E-state index contributed by atoms with van der Waals surface area (Å²) in [5.41, 5.74) is 0. The zero-order valence-electron chi connectivity index (χ0n) is 2.66. The zero-order chi connectivity index (χ0) is 4.50. The van der Waals surface area contributed by atoms with Gasteiger partial charge in [-0.1, -0.05) is 0 Å². The molecule has 0 aliphatic rings. The van der Waals surface area contributed by atoms with E-state index in [2.05, 4.69) is 0 Å². The maximum absolute atomic E-state index is 8.61. The van der Waals surface area contributed by atoms with Crippen molar-refractivity contribution in [3.63, 3.8) is 0 Å². The van der Waals surface area contributed by atoms with Crippen molar-refractivity contribution in [2.75, 3.05) is 0 Å². The molecular formula is O4VY. The van der Waals surface area contributed by atoms with Crippen LogP contribution in [0.25, 0.3) is 0 Å². The van der Waals surface area contributed by atoms with E-state index in [1.54, 1.807) is 0 Å². The monoisotopic (exact) mass is 204 g/mol. The minimum Gasteiger partial charge on any atom is 0 e. The quantitative estimate of drug-likeness (QED) is 0.534. The van der Waals surface area contributed by atoms with Crippen molar-refractivity contribution in [1.82, 2.24) is 0 Å². The van der Waals surface area contributed by atoms with Crippen molar-refractivity contribution < 1.29 is 61.2 Å². The van der Waals surface area contributed by atoms with Crippen LogP contribution in [0.3, 0.4) is 0 Å². The van der Waals surface area contributed by atoms with E-state index in [-0.39, 0.29) is 32.7 Å². The van der Waals surface area contributed by atoms with Crippen LogP contribution in [0, 0.1) is 0 Å². The van der Waals surface area contributed by atoms with E-state index in [0.717, 1.165) is 0 Å². The second-order valence-corrected chi connectivity index (χ2v) is 1.84. The number of rotatable bonds is 0. The van der Waals surface area contributed by atoms with Gasteiger partial charge in [0.1, 0.15) is 0 Å². The third kappa shape index (κ3) is 93.7. The summed E-state index contributed by atoms with van der Waals surface area (Å²) >= 11 is -5.88. The summed E-state index contributed by atoms with van der Waals surface area (Å²) in [5, 5.41) is 0. The van der Waals surface area contributed by atoms with E-state index in [4.69, 9.17) is 14.7 Å². The van der Waals surface area contributed by atoms with Gasteiger partial charge in [-0.05, 0) is 0 Å². The summed E-state index contributed by atoms with van der Waals surface area (Å²) in [6, 6.07) is 0. The van der Waals surface area contributed by atoms with E-state index in [1.807, 2.05) is 0 Å². The molecule has 0 aromatic heterocycles. The predicted molar refractivity (Wildman–Crippen MR) is 2.75 cm³/mol. The van der Waals surface area contributed by atoms with Gasteiger partial charge in [-0.25, -0.2) is 0 Å². The summed E-state index contributed by atoms with van der Waals surface area (Å²) in [7, 11) is 0. The van der Waals surface area contributed by atoms with E-state index < -0.39 is 13.8 Å². The Hall–Kier alpha value is 0.888. The molecule has 6 heteroatoms. The molecule has 0 atom stereocenters. The molecule has 0 bridgehead atoms. The van der Waals surface area contributed by atoms with E-state index in [9.17, 15) is 0 Å². The average Bonchev–Trinajstić information content (AvgIpc) is 0.722. The molecule has 0 fully saturated rings. The molecule has 0 rings (SSSR count). The van der Waals surface area contributed by atoms with Crippen LogP contribution in [0.2, 0.25) is 0 Å². The molecule has 0 unspecified atom stereocenters. The van der Waals surface area contributed by atoms with Gasteiger partial charge in [-0.3, -0.25) is 0 Å². The van der Waals surface area contributed by atoms with Crippen LogP contribution in [-0.4, -0.2) is 0 Å². The molecule has 0 aromatic carbocycles. The Morgan fingerprint density at radius 2 is 0.833 bits per heavy atom. The van der Waals surface area contributed by atoms with Crippen molar-refractivity contribution in [2.24, 2.45) is 0 Å². The van der Waals surface area contributed by atoms with E-state index in [1.165, 1.54) is 0 Å². The predicted octanol–water partition coefficient (Wildman–Crippen LogP) is -0.480. The van der Waals surface area contributed by atoms with Gasteiger partial charge in [-0.2, -0.15) is 0 Å². The van der Waals surface area contributed by atoms with Gasteiger partial charge in [0.2, 0.25) is 0 Å². The molecule has 6 heavy (non-hydrogen) atoms. The summed E-state index contributed by atoms with van der Waals surface area (Å²) in [5.74, 6) is 0. The largest absolute Gasteiger partial charge is 0 e. The first-order valence-electron chi connectivity index (χ1n) is 0.730. The van der Waals surface area contributed by atoms with E-state index in [0.29, 0.717) is 0 Å². The van der Waals surface area contributed by atoms with Gasteiger partial charge in [-0.15, -0.1) is 0 Å². The summed E-state index contributed by atoms with van der Waals surface area (Å²) in [6.07, 6.45) is 0. The molecular weight excluding hydrogens is 204 g/mol. The molecule has 0 amide bonds. The molecule has 0 aromatic rings. The van der Waals surface area contributed by atoms with E-state index >= 15 is 0 Å². The fourth-order valence-electron chi connectivity index (χ4n) is 0. The molecule has 0 spiro atoms. The third-order valence-electron chi connectivity index (χ3n) is 0. The molecule has 4 nitrogen and oxygen atoms in total. The van der Waals surface area contributed by atoms with Crippen molar-refractivity contribution >= 4 is 0 Å². The van der Waals surface area contributed by atoms with Crippen molar-refractivity contribution in [3.05, 3.63) is 0 Å². The first-order valence-corrected chi connectivity index (χ1v) is 3.01. The third-order valence-corrected chi connectivity index (χ3v) is 0. The minimum atomic E-state index is -5.88. The van der Waals surface area contributed by atoms with Crippen molar-refractivity contribution in [3.8, 4) is 0 Å². The topological polar surface area (TPSA) is 68.3 Å². The molecule has 0 saturated carbocycles. The second kappa shape index (κ2) is 2.97. The van der Waals surface area contributed by atoms with Gasteiger partial charge < -0.3 is 0 Å². The zero-order valence-corrected chi connectivity index (χ0v) is 6.89. The normalized spacial score (nSPS) is 6.67. The van der Waals surface area contributed by atoms with Crippen LogP contribution in [0.5, 0.6) is 0 Å². The van der Waals surface area contributed by atoms with Gasteiger partial charge in [0, 0.05) is 32.7 Å². The van der Waals surface area contributed by atoms with Crippen molar-refractivity contribution in [2.45, 2.75) is 0 Å². The molecule has 0 N–H and O–H groups in total.